The van der Waals surface area contributed by atoms with E-state index in [0.717, 1.165) is 24.1 Å². The van der Waals surface area contributed by atoms with Crippen molar-refractivity contribution < 1.29 is 4.74 Å². The molecule has 0 aliphatic carbocycles. The molecule has 1 aromatic carbocycles. The van der Waals surface area contributed by atoms with Crippen LogP contribution in [0.2, 0.25) is 0 Å². The van der Waals surface area contributed by atoms with Crippen molar-refractivity contribution in [3.8, 4) is 11.8 Å². The van der Waals surface area contributed by atoms with Crippen LogP contribution in [-0.4, -0.2) is 31.1 Å². The van der Waals surface area contributed by atoms with Gasteiger partial charge in [-0.1, -0.05) is 19.9 Å². The van der Waals surface area contributed by atoms with Crippen LogP contribution >= 0.6 is 0 Å². The molecule has 1 atom stereocenters. The standard InChI is InChI=1S/C18H26N2O/c1-15(2)17-6-4-9-20(10-8-17)11-12-21-18-7-3-5-16(13-18)14-19/h3,5,7,13,15,17H,4,6,8-12H2,1-2H3. The first-order valence-electron chi connectivity index (χ1n) is 8.04. The first-order chi connectivity index (χ1) is 10.2. The first-order valence-corrected chi connectivity index (χ1v) is 8.04. The van der Waals surface area contributed by atoms with Gasteiger partial charge in [-0.05, 0) is 62.4 Å². The highest BCUT2D eigenvalue weighted by molar-refractivity contribution is 5.36. The third-order valence-corrected chi connectivity index (χ3v) is 4.45. The summed E-state index contributed by atoms with van der Waals surface area (Å²) in [5.74, 6) is 2.47. The number of hydrogen-bond donors (Lipinski definition) is 0. The van der Waals surface area contributed by atoms with Crippen LogP contribution in [0.3, 0.4) is 0 Å². The van der Waals surface area contributed by atoms with Gasteiger partial charge in [0, 0.05) is 6.54 Å². The number of hydrogen-bond acceptors (Lipinski definition) is 3. The van der Waals surface area contributed by atoms with Crippen LogP contribution in [0.25, 0.3) is 0 Å². The van der Waals surface area contributed by atoms with E-state index in [1.165, 1.54) is 32.4 Å². The van der Waals surface area contributed by atoms with E-state index in [1.54, 1.807) is 12.1 Å². The fourth-order valence-electron chi connectivity index (χ4n) is 3.02. The number of likely N-dealkylation sites (tertiary alicyclic amines) is 1. The topological polar surface area (TPSA) is 36.3 Å². The van der Waals surface area contributed by atoms with E-state index in [9.17, 15) is 0 Å². The summed E-state index contributed by atoms with van der Waals surface area (Å²) in [6.45, 7) is 8.72. The second-order valence-corrected chi connectivity index (χ2v) is 6.26. The van der Waals surface area contributed by atoms with Crippen molar-refractivity contribution >= 4 is 0 Å². The third kappa shape index (κ3) is 5.06. The molecule has 1 unspecified atom stereocenters. The van der Waals surface area contributed by atoms with Crippen molar-refractivity contribution in [1.29, 1.82) is 5.26 Å². The SMILES string of the molecule is CC(C)C1CCCN(CCOc2cccc(C#N)c2)CC1. The molecule has 1 heterocycles. The lowest BCUT2D eigenvalue weighted by Gasteiger charge is -2.21. The lowest BCUT2D eigenvalue weighted by molar-refractivity contribution is 0.210. The number of nitriles is 1. The zero-order valence-electron chi connectivity index (χ0n) is 13.2. The van der Waals surface area contributed by atoms with Crippen molar-refractivity contribution in [3.63, 3.8) is 0 Å². The van der Waals surface area contributed by atoms with Crippen molar-refractivity contribution in [1.82, 2.24) is 4.90 Å². The van der Waals surface area contributed by atoms with Crippen molar-refractivity contribution in [2.75, 3.05) is 26.2 Å². The maximum Gasteiger partial charge on any atom is 0.120 e. The zero-order valence-corrected chi connectivity index (χ0v) is 13.2. The molecule has 3 nitrogen and oxygen atoms in total. The van der Waals surface area contributed by atoms with E-state index >= 15 is 0 Å². The summed E-state index contributed by atoms with van der Waals surface area (Å²) in [5.41, 5.74) is 0.655. The highest BCUT2D eigenvalue weighted by Crippen LogP contribution is 2.24. The van der Waals surface area contributed by atoms with Crippen LogP contribution in [0.4, 0.5) is 0 Å². The van der Waals surface area contributed by atoms with Gasteiger partial charge in [-0.15, -0.1) is 0 Å². The predicted octanol–water partition coefficient (Wildman–Crippen LogP) is 3.70. The Labute approximate surface area is 128 Å². The predicted molar refractivity (Wildman–Crippen MR) is 85.3 cm³/mol. The summed E-state index contributed by atoms with van der Waals surface area (Å²) in [6.07, 6.45) is 3.97. The molecule has 114 valence electrons. The summed E-state index contributed by atoms with van der Waals surface area (Å²) in [7, 11) is 0. The molecule has 0 radical (unpaired) electrons. The number of nitrogens with zero attached hydrogens (tertiary/aromatic N) is 2. The highest BCUT2D eigenvalue weighted by Gasteiger charge is 2.19. The smallest absolute Gasteiger partial charge is 0.120 e. The van der Waals surface area contributed by atoms with Crippen molar-refractivity contribution in [2.24, 2.45) is 11.8 Å². The second-order valence-electron chi connectivity index (χ2n) is 6.26. The monoisotopic (exact) mass is 286 g/mol. The van der Waals surface area contributed by atoms with Crippen LogP contribution < -0.4 is 4.74 Å². The lowest BCUT2D eigenvalue weighted by atomic mass is 9.89. The average molecular weight is 286 g/mol. The minimum Gasteiger partial charge on any atom is -0.492 e. The molecule has 1 aromatic rings. The van der Waals surface area contributed by atoms with Gasteiger partial charge in [0.25, 0.3) is 0 Å². The maximum absolute atomic E-state index is 8.88. The molecule has 0 spiro atoms. The number of benzene rings is 1. The number of ether oxygens (including phenoxy) is 1. The molecule has 1 aliphatic heterocycles. The fraction of sp³-hybridized carbons (Fsp3) is 0.611. The van der Waals surface area contributed by atoms with Gasteiger partial charge in [0.1, 0.15) is 12.4 Å². The Hall–Kier alpha value is -1.53. The molecule has 21 heavy (non-hydrogen) atoms. The summed E-state index contributed by atoms with van der Waals surface area (Å²) >= 11 is 0. The van der Waals surface area contributed by atoms with Crippen LogP contribution in [-0.2, 0) is 0 Å². The van der Waals surface area contributed by atoms with Gasteiger partial charge < -0.3 is 4.74 Å². The van der Waals surface area contributed by atoms with Gasteiger partial charge in [0.2, 0.25) is 0 Å². The molecule has 0 amide bonds. The van der Waals surface area contributed by atoms with Gasteiger partial charge in [-0.25, -0.2) is 0 Å². The normalized spacial score (nSPS) is 20.0. The minimum absolute atomic E-state index is 0.655. The molecule has 1 fully saturated rings. The molecule has 0 saturated carbocycles. The summed E-state index contributed by atoms with van der Waals surface area (Å²) in [5, 5.41) is 8.88. The summed E-state index contributed by atoms with van der Waals surface area (Å²) in [4.78, 5) is 2.51. The van der Waals surface area contributed by atoms with Crippen LogP contribution in [0.5, 0.6) is 5.75 Å². The van der Waals surface area contributed by atoms with Crippen molar-refractivity contribution in [2.45, 2.75) is 33.1 Å². The summed E-state index contributed by atoms with van der Waals surface area (Å²) in [6, 6.07) is 9.53. The average Bonchev–Trinajstić information content (AvgIpc) is 2.73. The first kappa shape index (κ1) is 15.9. The molecule has 2 rings (SSSR count). The van der Waals surface area contributed by atoms with Crippen LogP contribution in [0.1, 0.15) is 38.7 Å². The Bertz CT molecular complexity index is 478. The number of rotatable bonds is 5. The van der Waals surface area contributed by atoms with Gasteiger partial charge in [-0.2, -0.15) is 5.26 Å². The quantitative estimate of drug-likeness (QED) is 0.828. The van der Waals surface area contributed by atoms with Crippen LogP contribution in [0.15, 0.2) is 24.3 Å². The minimum atomic E-state index is 0.655. The van der Waals surface area contributed by atoms with Gasteiger partial charge in [0.15, 0.2) is 0 Å². The molecule has 0 aromatic heterocycles. The van der Waals surface area contributed by atoms with Gasteiger partial charge in [0.05, 0.1) is 11.6 Å². The lowest BCUT2D eigenvalue weighted by Crippen LogP contribution is -2.29. The third-order valence-electron chi connectivity index (χ3n) is 4.45. The second kappa shape index (κ2) is 8.05. The van der Waals surface area contributed by atoms with E-state index < -0.39 is 0 Å². The van der Waals surface area contributed by atoms with E-state index in [0.29, 0.717) is 12.2 Å². The maximum atomic E-state index is 8.88. The Balaban J connectivity index is 1.74. The molecule has 0 N–H and O–H groups in total. The molecule has 1 aliphatic rings. The largest absolute Gasteiger partial charge is 0.492 e. The van der Waals surface area contributed by atoms with E-state index in [4.69, 9.17) is 10.00 Å². The zero-order chi connectivity index (χ0) is 15.1. The Morgan fingerprint density at radius 1 is 1.33 bits per heavy atom. The Kier molecular flexibility index (Phi) is 6.07. The Morgan fingerprint density at radius 3 is 2.95 bits per heavy atom. The summed E-state index contributed by atoms with van der Waals surface area (Å²) < 4.78 is 5.77. The van der Waals surface area contributed by atoms with E-state index in [2.05, 4.69) is 24.8 Å². The fourth-order valence-corrected chi connectivity index (χ4v) is 3.02. The molecular weight excluding hydrogens is 260 g/mol. The Morgan fingerprint density at radius 2 is 2.19 bits per heavy atom. The van der Waals surface area contributed by atoms with Gasteiger partial charge in [-0.3, -0.25) is 4.90 Å². The van der Waals surface area contributed by atoms with Crippen LogP contribution in [0, 0.1) is 23.2 Å². The molecule has 1 saturated heterocycles. The van der Waals surface area contributed by atoms with E-state index in [1.807, 2.05) is 12.1 Å². The van der Waals surface area contributed by atoms with Crippen molar-refractivity contribution in [3.05, 3.63) is 29.8 Å². The van der Waals surface area contributed by atoms with Gasteiger partial charge >= 0.3 is 0 Å². The molecular formula is C18H26N2O. The highest BCUT2D eigenvalue weighted by atomic mass is 16.5. The van der Waals surface area contributed by atoms with E-state index in [-0.39, 0.29) is 0 Å². The molecule has 0 bridgehead atoms. The molecule has 3 heteroatoms.